The third-order valence-electron chi connectivity index (χ3n) is 2.71. The second kappa shape index (κ2) is 4.84. The Morgan fingerprint density at radius 3 is 2.88 bits per heavy atom. The van der Waals surface area contributed by atoms with E-state index in [-0.39, 0.29) is 5.91 Å². The van der Waals surface area contributed by atoms with Crippen LogP contribution in [0.15, 0.2) is 12.4 Å². The van der Waals surface area contributed by atoms with Gasteiger partial charge in [0.15, 0.2) is 0 Å². The molecule has 0 unspecified atom stereocenters. The van der Waals surface area contributed by atoms with Crippen molar-refractivity contribution in [1.29, 1.82) is 0 Å². The van der Waals surface area contributed by atoms with Crippen molar-refractivity contribution < 1.29 is 4.79 Å². The molecule has 6 heteroatoms. The molecule has 0 aliphatic carbocycles. The monoisotopic (exact) mass is 242 g/mol. The summed E-state index contributed by atoms with van der Waals surface area (Å²) < 4.78 is 3.71. The Balaban J connectivity index is 1.99. The Labute approximate surface area is 99.5 Å². The van der Waals surface area contributed by atoms with Crippen molar-refractivity contribution in [2.75, 3.05) is 18.4 Å². The smallest absolute Gasteiger partial charge is 0.221 e. The molecular weight excluding hydrogens is 228 g/mol. The van der Waals surface area contributed by atoms with E-state index in [1.165, 1.54) is 6.92 Å². The van der Waals surface area contributed by atoms with E-state index in [0.29, 0.717) is 6.04 Å². The molecule has 1 N–H and O–H groups in total. The molecule has 0 spiro atoms. The topological polar surface area (TPSA) is 50.2 Å². The number of aromatic nitrogens is 2. The van der Waals surface area contributed by atoms with E-state index >= 15 is 0 Å². The van der Waals surface area contributed by atoms with E-state index in [0.717, 1.165) is 31.6 Å². The maximum Gasteiger partial charge on any atom is 0.221 e. The highest BCUT2D eigenvalue weighted by Crippen LogP contribution is 2.23. The van der Waals surface area contributed by atoms with E-state index in [4.69, 9.17) is 11.8 Å². The molecule has 16 heavy (non-hydrogen) atoms. The first-order valence-electron chi connectivity index (χ1n) is 5.37. The highest BCUT2D eigenvalue weighted by atomic mass is 35.5. The van der Waals surface area contributed by atoms with Gasteiger partial charge in [0.25, 0.3) is 0 Å². The van der Waals surface area contributed by atoms with Gasteiger partial charge in [-0.1, -0.05) is 0 Å². The Morgan fingerprint density at radius 1 is 1.56 bits per heavy atom. The molecule has 1 aromatic rings. The first kappa shape index (κ1) is 11.4. The van der Waals surface area contributed by atoms with Gasteiger partial charge in [-0.3, -0.25) is 9.48 Å². The average molecular weight is 243 g/mol. The number of rotatable bonds is 2. The zero-order valence-electron chi connectivity index (χ0n) is 9.19. The van der Waals surface area contributed by atoms with Gasteiger partial charge in [-0.25, -0.2) is 4.42 Å². The first-order chi connectivity index (χ1) is 7.65. The van der Waals surface area contributed by atoms with E-state index < -0.39 is 0 Å². The average Bonchev–Trinajstić information content (AvgIpc) is 2.66. The maximum absolute atomic E-state index is 10.9. The third kappa shape index (κ3) is 2.74. The molecule has 2 heterocycles. The number of carbonyl (C=O) groups is 1. The number of piperidine rings is 1. The molecule has 0 aromatic carbocycles. The fourth-order valence-electron chi connectivity index (χ4n) is 1.90. The zero-order chi connectivity index (χ0) is 11.5. The van der Waals surface area contributed by atoms with Crippen LogP contribution in [0.3, 0.4) is 0 Å². The van der Waals surface area contributed by atoms with Crippen LogP contribution in [0.25, 0.3) is 0 Å². The Morgan fingerprint density at radius 2 is 2.25 bits per heavy atom. The molecule has 0 saturated carbocycles. The fourth-order valence-corrected chi connectivity index (χ4v) is 2.10. The SMILES string of the molecule is CC(=O)Nc1cnn(C2CCN(Cl)CC2)c1. The highest BCUT2D eigenvalue weighted by molar-refractivity contribution is 6.13. The number of halogens is 1. The molecule has 1 aliphatic rings. The largest absolute Gasteiger partial charge is 0.324 e. The molecule has 1 fully saturated rings. The van der Waals surface area contributed by atoms with Crippen molar-refractivity contribution in [2.24, 2.45) is 0 Å². The molecule has 0 bridgehead atoms. The lowest BCUT2D eigenvalue weighted by Gasteiger charge is -2.26. The molecule has 1 amide bonds. The minimum atomic E-state index is -0.0740. The van der Waals surface area contributed by atoms with Gasteiger partial charge in [-0.05, 0) is 24.6 Å². The lowest BCUT2D eigenvalue weighted by atomic mass is 10.1. The molecule has 88 valence electrons. The lowest BCUT2D eigenvalue weighted by molar-refractivity contribution is -0.114. The minimum Gasteiger partial charge on any atom is -0.324 e. The third-order valence-corrected chi connectivity index (χ3v) is 3.04. The summed E-state index contributed by atoms with van der Waals surface area (Å²) in [6.07, 6.45) is 5.53. The number of amides is 1. The van der Waals surface area contributed by atoms with Crippen molar-refractivity contribution in [3.8, 4) is 0 Å². The predicted molar refractivity (Wildman–Crippen MR) is 62.2 cm³/mol. The van der Waals surface area contributed by atoms with Crippen LogP contribution in [0, 0.1) is 0 Å². The Bertz CT molecular complexity index is 371. The molecule has 5 nitrogen and oxygen atoms in total. The molecule has 1 aliphatic heterocycles. The van der Waals surface area contributed by atoms with E-state index in [1.807, 2.05) is 10.9 Å². The summed E-state index contributed by atoms with van der Waals surface area (Å²) in [5.74, 6) is -0.0740. The number of hydrogen-bond acceptors (Lipinski definition) is 3. The van der Waals surface area contributed by atoms with E-state index in [2.05, 4.69) is 10.4 Å². The zero-order valence-corrected chi connectivity index (χ0v) is 9.94. The van der Waals surface area contributed by atoms with Gasteiger partial charge in [0.05, 0.1) is 17.9 Å². The van der Waals surface area contributed by atoms with Gasteiger partial charge in [0.2, 0.25) is 5.91 Å². The highest BCUT2D eigenvalue weighted by Gasteiger charge is 2.19. The van der Waals surface area contributed by atoms with Crippen molar-refractivity contribution in [3.05, 3.63) is 12.4 Å². The van der Waals surface area contributed by atoms with Gasteiger partial charge in [-0.2, -0.15) is 5.10 Å². The normalized spacial score (nSPS) is 18.6. The Hall–Kier alpha value is -1.07. The van der Waals surface area contributed by atoms with Crippen molar-refractivity contribution in [1.82, 2.24) is 14.2 Å². The van der Waals surface area contributed by atoms with Crippen LogP contribution in [0.5, 0.6) is 0 Å². The second-order valence-electron chi connectivity index (χ2n) is 4.03. The van der Waals surface area contributed by atoms with Crippen LogP contribution >= 0.6 is 11.8 Å². The quantitative estimate of drug-likeness (QED) is 0.802. The van der Waals surface area contributed by atoms with Crippen molar-refractivity contribution in [3.63, 3.8) is 0 Å². The number of nitrogens with one attached hydrogen (secondary N) is 1. The summed E-state index contributed by atoms with van der Waals surface area (Å²) in [7, 11) is 0. The van der Waals surface area contributed by atoms with Gasteiger partial charge in [-0.15, -0.1) is 0 Å². The standard InChI is InChI=1S/C10H15ClN4O/c1-8(16)13-9-6-12-15(7-9)10-2-4-14(11)5-3-10/h6-7,10H,2-5H2,1H3,(H,13,16). The molecule has 2 rings (SSSR count). The summed E-state index contributed by atoms with van der Waals surface area (Å²) in [6.45, 7) is 3.24. The molecule has 0 atom stereocenters. The Kier molecular flexibility index (Phi) is 3.46. The number of nitrogens with zero attached hydrogens (tertiary/aromatic N) is 3. The van der Waals surface area contributed by atoms with Crippen LogP contribution in [0.1, 0.15) is 25.8 Å². The van der Waals surface area contributed by atoms with Gasteiger partial charge in [0, 0.05) is 26.2 Å². The maximum atomic E-state index is 10.9. The molecular formula is C10H15ClN4O. The van der Waals surface area contributed by atoms with Gasteiger partial charge < -0.3 is 5.32 Å². The van der Waals surface area contributed by atoms with Crippen LogP contribution in [0.4, 0.5) is 5.69 Å². The van der Waals surface area contributed by atoms with Gasteiger partial charge in [0.1, 0.15) is 0 Å². The van der Waals surface area contributed by atoms with E-state index in [9.17, 15) is 4.79 Å². The summed E-state index contributed by atoms with van der Waals surface area (Å²) in [6, 6.07) is 0.387. The number of carbonyl (C=O) groups excluding carboxylic acids is 1. The lowest BCUT2D eigenvalue weighted by Crippen LogP contribution is -2.28. The van der Waals surface area contributed by atoms with Crippen LogP contribution in [-0.4, -0.2) is 33.2 Å². The molecule has 1 saturated heterocycles. The van der Waals surface area contributed by atoms with Crippen LogP contribution in [0.2, 0.25) is 0 Å². The van der Waals surface area contributed by atoms with Gasteiger partial charge >= 0.3 is 0 Å². The van der Waals surface area contributed by atoms with Crippen LogP contribution < -0.4 is 5.32 Å². The number of anilines is 1. The summed E-state index contributed by atoms with van der Waals surface area (Å²) >= 11 is 5.89. The molecule has 1 aromatic heterocycles. The number of hydrogen-bond donors (Lipinski definition) is 1. The van der Waals surface area contributed by atoms with Crippen LogP contribution in [-0.2, 0) is 4.79 Å². The summed E-state index contributed by atoms with van der Waals surface area (Å²) in [5, 5.41) is 6.97. The van der Waals surface area contributed by atoms with Crippen molar-refractivity contribution >= 4 is 23.4 Å². The minimum absolute atomic E-state index is 0.0740. The second-order valence-corrected chi connectivity index (χ2v) is 4.51. The first-order valence-corrected chi connectivity index (χ1v) is 5.71. The molecule has 0 radical (unpaired) electrons. The summed E-state index contributed by atoms with van der Waals surface area (Å²) in [4.78, 5) is 10.9. The van der Waals surface area contributed by atoms with E-state index in [1.54, 1.807) is 10.6 Å². The van der Waals surface area contributed by atoms with Crippen molar-refractivity contribution in [2.45, 2.75) is 25.8 Å². The predicted octanol–water partition coefficient (Wildman–Crippen LogP) is 1.63. The fraction of sp³-hybridized carbons (Fsp3) is 0.600. The summed E-state index contributed by atoms with van der Waals surface area (Å²) in [5.41, 5.74) is 0.751.